The Morgan fingerprint density at radius 3 is 2.38 bits per heavy atom. The van der Waals surface area contributed by atoms with Gasteiger partial charge >= 0.3 is 6.18 Å². The van der Waals surface area contributed by atoms with Crippen LogP contribution in [0, 0.1) is 0 Å². The summed E-state index contributed by atoms with van der Waals surface area (Å²) in [6, 6.07) is 6.27. The van der Waals surface area contributed by atoms with E-state index in [1.54, 1.807) is 0 Å². The average Bonchev–Trinajstić information content (AvgIpc) is 2.46. The van der Waals surface area contributed by atoms with Crippen LogP contribution in [0.4, 0.5) is 24.5 Å². The van der Waals surface area contributed by atoms with Gasteiger partial charge in [-0.3, -0.25) is 15.6 Å². The smallest absolute Gasteiger partial charge is 0.323 e. The van der Waals surface area contributed by atoms with Crippen LogP contribution in [0.5, 0.6) is 0 Å². The predicted molar refractivity (Wildman–Crippen MR) is 71.4 cm³/mol. The Kier molecular flexibility index (Phi) is 4.08. The van der Waals surface area contributed by atoms with Gasteiger partial charge in [0.15, 0.2) is 0 Å². The van der Waals surface area contributed by atoms with Crippen molar-refractivity contribution in [3.63, 3.8) is 0 Å². The maximum atomic E-state index is 12.9. The van der Waals surface area contributed by atoms with E-state index in [1.807, 2.05) is 5.43 Å². The molecule has 5 nitrogen and oxygen atoms in total. The molecular formula is C13H11F3N4O. The van der Waals surface area contributed by atoms with Gasteiger partial charge in [0.25, 0.3) is 5.91 Å². The lowest BCUT2D eigenvalue weighted by Gasteiger charge is -2.16. The minimum Gasteiger partial charge on any atom is -0.323 e. The van der Waals surface area contributed by atoms with E-state index in [0.29, 0.717) is 5.69 Å². The number of aromatic nitrogens is 1. The number of nitrogen functional groups attached to an aromatic ring is 1. The lowest BCUT2D eigenvalue weighted by atomic mass is 10.1. The molecule has 0 fully saturated rings. The Morgan fingerprint density at radius 1 is 1.14 bits per heavy atom. The highest BCUT2D eigenvalue weighted by atomic mass is 19.4. The monoisotopic (exact) mass is 296 g/mol. The summed E-state index contributed by atoms with van der Waals surface area (Å²) >= 11 is 0. The molecule has 0 aliphatic carbocycles. The van der Waals surface area contributed by atoms with Gasteiger partial charge in [-0.25, -0.2) is 0 Å². The number of hydrazine groups is 1. The van der Waals surface area contributed by atoms with Gasteiger partial charge in [0.2, 0.25) is 0 Å². The third-order valence-corrected chi connectivity index (χ3v) is 2.70. The van der Waals surface area contributed by atoms with Crippen LogP contribution >= 0.6 is 0 Å². The molecule has 0 spiro atoms. The van der Waals surface area contributed by atoms with E-state index in [1.165, 1.54) is 30.6 Å². The molecule has 0 bridgehead atoms. The van der Waals surface area contributed by atoms with Crippen LogP contribution in [0.2, 0.25) is 0 Å². The summed E-state index contributed by atoms with van der Waals surface area (Å²) in [5.74, 6) is 4.43. The number of nitrogens with zero attached hydrogens (tertiary/aromatic N) is 1. The summed E-state index contributed by atoms with van der Waals surface area (Å²) < 4.78 is 38.6. The van der Waals surface area contributed by atoms with Crippen molar-refractivity contribution in [1.29, 1.82) is 0 Å². The van der Waals surface area contributed by atoms with Gasteiger partial charge in [-0.15, -0.1) is 0 Å². The molecule has 0 aliphatic heterocycles. The molecule has 1 aromatic heterocycles. The van der Waals surface area contributed by atoms with Crippen LogP contribution in [0.1, 0.15) is 15.9 Å². The van der Waals surface area contributed by atoms with Crippen LogP contribution in [0.15, 0.2) is 42.7 Å². The number of hydrogen-bond acceptors (Lipinski definition) is 4. The first-order valence-corrected chi connectivity index (χ1v) is 5.81. The number of anilines is 2. The SMILES string of the molecule is NNc1c(C(=O)Nc2ccncc2)cccc1C(F)(F)F. The molecule has 0 saturated heterocycles. The zero-order valence-corrected chi connectivity index (χ0v) is 10.6. The van der Waals surface area contributed by atoms with E-state index in [2.05, 4.69) is 10.3 Å². The zero-order valence-electron chi connectivity index (χ0n) is 10.6. The van der Waals surface area contributed by atoms with Crippen molar-refractivity contribution in [3.8, 4) is 0 Å². The minimum absolute atomic E-state index is 0.205. The first-order chi connectivity index (χ1) is 9.93. The molecule has 0 atom stereocenters. The molecule has 8 heteroatoms. The van der Waals surface area contributed by atoms with Crippen LogP contribution in [0.3, 0.4) is 0 Å². The lowest BCUT2D eigenvalue weighted by molar-refractivity contribution is -0.137. The number of pyridine rings is 1. The number of para-hydroxylation sites is 1. The third kappa shape index (κ3) is 3.29. The van der Waals surface area contributed by atoms with Gasteiger partial charge in [-0.2, -0.15) is 13.2 Å². The highest BCUT2D eigenvalue weighted by molar-refractivity contribution is 6.08. The maximum absolute atomic E-state index is 12.9. The molecule has 1 aromatic carbocycles. The molecule has 2 rings (SSSR count). The average molecular weight is 296 g/mol. The van der Waals surface area contributed by atoms with Crippen molar-refractivity contribution >= 4 is 17.3 Å². The molecule has 0 radical (unpaired) electrons. The largest absolute Gasteiger partial charge is 0.418 e. The van der Waals surface area contributed by atoms with Crippen LogP contribution in [0.25, 0.3) is 0 Å². The number of carbonyl (C=O) groups is 1. The molecule has 2 aromatic rings. The summed E-state index contributed by atoms with van der Waals surface area (Å²) in [6.07, 6.45) is -1.72. The number of amides is 1. The quantitative estimate of drug-likeness (QED) is 0.601. The Balaban J connectivity index is 2.38. The summed E-state index contributed by atoms with van der Waals surface area (Å²) in [5.41, 5.74) is 0.670. The summed E-state index contributed by atoms with van der Waals surface area (Å²) in [7, 11) is 0. The number of halogens is 3. The maximum Gasteiger partial charge on any atom is 0.418 e. The van der Waals surface area contributed by atoms with Crippen molar-refractivity contribution in [2.45, 2.75) is 6.18 Å². The summed E-state index contributed by atoms with van der Waals surface area (Å²) in [6.45, 7) is 0. The normalized spacial score (nSPS) is 11.0. The topological polar surface area (TPSA) is 80.0 Å². The molecule has 1 heterocycles. The number of nitrogens with one attached hydrogen (secondary N) is 2. The fourth-order valence-electron chi connectivity index (χ4n) is 1.77. The van der Waals surface area contributed by atoms with Crippen molar-refractivity contribution in [2.24, 2.45) is 5.84 Å². The summed E-state index contributed by atoms with van der Waals surface area (Å²) in [5, 5.41) is 2.47. The minimum atomic E-state index is -4.62. The second-order valence-electron chi connectivity index (χ2n) is 4.06. The third-order valence-electron chi connectivity index (χ3n) is 2.70. The van der Waals surface area contributed by atoms with E-state index in [4.69, 9.17) is 5.84 Å². The van der Waals surface area contributed by atoms with E-state index in [0.717, 1.165) is 12.1 Å². The van der Waals surface area contributed by atoms with Crippen molar-refractivity contribution < 1.29 is 18.0 Å². The number of alkyl halides is 3. The van der Waals surface area contributed by atoms with Gasteiger partial charge in [0, 0.05) is 18.1 Å². The fourth-order valence-corrected chi connectivity index (χ4v) is 1.77. The van der Waals surface area contributed by atoms with Gasteiger partial charge < -0.3 is 10.7 Å². The Morgan fingerprint density at radius 2 is 1.81 bits per heavy atom. The molecule has 1 amide bonds. The number of hydrogen-bond donors (Lipinski definition) is 3. The van der Waals surface area contributed by atoms with E-state index in [-0.39, 0.29) is 5.56 Å². The van der Waals surface area contributed by atoms with Crippen molar-refractivity contribution in [3.05, 3.63) is 53.9 Å². The second-order valence-corrected chi connectivity index (χ2v) is 4.06. The van der Waals surface area contributed by atoms with Crippen LogP contribution < -0.4 is 16.6 Å². The van der Waals surface area contributed by atoms with Gasteiger partial charge in [-0.1, -0.05) is 6.07 Å². The van der Waals surface area contributed by atoms with Gasteiger partial charge in [0.1, 0.15) is 0 Å². The number of carbonyl (C=O) groups excluding carboxylic acids is 1. The van der Waals surface area contributed by atoms with Crippen LogP contribution in [-0.4, -0.2) is 10.9 Å². The number of benzene rings is 1. The highest BCUT2D eigenvalue weighted by Crippen LogP contribution is 2.36. The molecule has 21 heavy (non-hydrogen) atoms. The lowest BCUT2D eigenvalue weighted by Crippen LogP contribution is -2.21. The molecule has 0 aliphatic rings. The van der Waals surface area contributed by atoms with Gasteiger partial charge in [0.05, 0.1) is 16.8 Å². The molecule has 110 valence electrons. The molecule has 0 saturated carbocycles. The van der Waals surface area contributed by atoms with E-state index >= 15 is 0 Å². The van der Waals surface area contributed by atoms with Crippen LogP contribution in [-0.2, 0) is 6.18 Å². The van der Waals surface area contributed by atoms with Crippen molar-refractivity contribution in [2.75, 3.05) is 10.7 Å². The Bertz CT molecular complexity index is 644. The standard InChI is InChI=1S/C13H11F3N4O/c14-13(15,16)10-3-1-2-9(11(10)20-17)12(21)19-8-4-6-18-7-5-8/h1-7,20H,17H2,(H,18,19,21). The Hall–Kier alpha value is -2.61. The molecular weight excluding hydrogens is 285 g/mol. The van der Waals surface area contributed by atoms with Crippen molar-refractivity contribution in [1.82, 2.24) is 4.98 Å². The molecule has 0 unspecified atom stereocenters. The second kappa shape index (κ2) is 5.80. The number of rotatable bonds is 3. The fraction of sp³-hybridized carbons (Fsp3) is 0.0769. The summed E-state index contributed by atoms with van der Waals surface area (Å²) in [4.78, 5) is 15.9. The zero-order chi connectivity index (χ0) is 15.5. The first-order valence-electron chi connectivity index (χ1n) is 5.81. The first kappa shape index (κ1) is 14.8. The highest BCUT2D eigenvalue weighted by Gasteiger charge is 2.35. The Labute approximate surface area is 118 Å². The number of nitrogens with two attached hydrogens (primary N) is 1. The van der Waals surface area contributed by atoms with Gasteiger partial charge in [-0.05, 0) is 24.3 Å². The molecule has 4 N–H and O–H groups in total. The predicted octanol–water partition coefficient (Wildman–Crippen LogP) is 2.64. The van der Waals surface area contributed by atoms with E-state index in [9.17, 15) is 18.0 Å². The van der Waals surface area contributed by atoms with E-state index < -0.39 is 23.3 Å².